The van der Waals surface area contributed by atoms with Gasteiger partial charge >= 0.3 is 71.9 Å². The Morgan fingerprint density at radius 3 is 1.25 bits per heavy atom. The van der Waals surface area contributed by atoms with Crippen molar-refractivity contribution < 1.29 is 5.71 Å². The van der Waals surface area contributed by atoms with Crippen molar-refractivity contribution >= 4 is 103 Å². The third kappa shape index (κ3) is 8.97. The van der Waals surface area contributed by atoms with Crippen LogP contribution in [0.2, 0.25) is 0 Å². The summed E-state index contributed by atoms with van der Waals surface area (Å²) >= 11 is 0. The van der Waals surface area contributed by atoms with Crippen molar-refractivity contribution in [3.05, 3.63) is 0 Å². The molecule has 0 aromatic carbocycles. The van der Waals surface area contributed by atoms with Crippen LogP contribution in [0.3, 0.4) is 0 Å². The molecule has 0 rings (SSSR count). The van der Waals surface area contributed by atoms with Crippen molar-refractivity contribution in [1.29, 1.82) is 0 Å². The SMILES string of the molecule is S.[AlH3].[Ba+2].[H-].[H-].[H-].[H-].[Mg+2]. The smallest absolute Gasteiger partial charge is 1.00 e. The van der Waals surface area contributed by atoms with Crippen LogP contribution in [-0.4, -0.2) is 89.3 Å². The first-order valence-electron chi connectivity index (χ1n) is 0. The second-order valence-electron chi connectivity index (χ2n) is 0. The van der Waals surface area contributed by atoms with Crippen molar-refractivity contribution in [3.63, 3.8) is 0 Å². The third-order valence-corrected chi connectivity index (χ3v) is 0. The summed E-state index contributed by atoms with van der Waals surface area (Å²) in [5.74, 6) is 0. The zero-order chi connectivity index (χ0) is 0. The summed E-state index contributed by atoms with van der Waals surface area (Å²) in [7, 11) is 0. The molecule has 0 aliphatic rings. The van der Waals surface area contributed by atoms with Crippen molar-refractivity contribution in [1.82, 2.24) is 0 Å². The Balaban J connectivity index is 0. The minimum Gasteiger partial charge on any atom is -1.00 e. The van der Waals surface area contributed by atoms with Crippen LogP contribution >= 0.6 is 13.5 Å². The molecule has 4 heteroatoms. The summed E-state index contributed by atoms with van der Waals surface area (Å²) in [6.07, 6.45) is 0. The van der Waals surface area contributed by atoms with Crippen LogP contribution < -0.4 is 0 Å². The van der Waals surface area contributed by atoms with Gasteiger partial charge in [0.1, 0.15) is 0 Å². The molecule has 0 spiro atoms. The van der Waals surface area contributed by atoms with Crippen molar-refractivity contribution in [2.45, 2.75) is 0 Å². The van der Waals surface area contributed by atoms with Gasteiger partial charge in [-0.2, -0.15) is 13.5 Å². The third-order valence-electron chi connectivity index (χ3n) is 0. The molecule has 22 valence electrons. The van der Waals surface area contributed by atoms with Gasteiger partial charge in [0.25, 0.3) is 0 Å². The zero-order valence-electron chi connectivity index (χ0n) is 5.91. The summed E-state index contributed by atoms with van der Waals surface area (Å²) in [5.41, 5.74) is 0. The summed E-state index contributed by atoms with van der Waals surface area (Å²) in [5, 5.41) is 0. The molecule has 0 aromatic heterocycles. The standard InChI is InChI=1S/Al.Ba.Mg.H2S.7H/h;;;1H2;;;;;;;/q;2*+2;;;;;4*-1. The van der Waals surface area contributed by atoms with E-state index in [1.54, 1.807) is 0 Å². The molecule has 0 aromatic rings. The van der Waals surface area contributed by atoms with Gasteiger partial charge < -0.3 is 5.71 Å². The fraction of sp³-hybridized carbons (Fsp3) is 0. The molecule has 0 amide bonds. The van der Waals surface area contributed by atoms with E-state index in [0.717, 1.165) is 0 Å². The molecule has 0 N–H and O–H groups in total. The molecular weight excluding hydrogens is 221 g/mol. The van der Waals surface area contributed by atoms with Gasteiger partial charge in [0.2, 0.25) is 0 Å². The fourth-order valence-corrected chi connectivity index (χ4v) is 0. The van der Waals surface area contributed by atoms with E-state index in [1.165, 1.54) is 0 Å². The number of hydrogen-bond donors (Lipinski definition) is 0. The second-order valence-corrected chi connectivity index (χ2v) is 0. The molecule has 0 bridgehead atoms. The largest absolute Gasteiger partial charge is 2.00 e. The molecule has 4 heavy (non-hydrogen) atoms. The molecule has 0 atom stereocenters. The van der Waals surface area contributed by atoms with Crippen LogP contribution in [0.4, 0.5) is 0 Å². The summed E-state index contributed by atoms with van der Waals surface area (Å²) in [4.78, 5) is 0. The molecule has 0 unspecified atom stereocenters. The van der Waals surface area contributed by atoms with Gasteiger partial charge in [0, 0.05) is 0 Å². The Hall–Kier alpha value is 3.22. The summed E-state index contributed by atoms with van der Waals surface area (Å²) < 4.78 is 0. The van der Waals surface area contributed by atoms with Gasteiger partial charge in [0.05, 0.1) is 0 Å². The average molecular weight is 230 g/mol. The minimum absolute atomic E-state index is 0. The predicted molar refractivity (Wildman–Crippen MR) is 36.3 cm³/mol. The maximum absolute atomic E-state index is 0. The quantitative estimate of drug-likeness (QED) is 0.449. The predicted octanol–water partition coefficient (Wildman–Crippen LogP) is -1.38. The van der Waals surface area contributed by atoms with E-state index in [1.807, 2.05) is 0 Å². The molecule has 0 aliphatic carbocycles. The van der Waals surface area contributed by atoms with Gasteiger partial charge in [-0.25, -0.2) is 0 Å². The summed E-state index contributed by atoms with van der Waals surface area (Å²) in [6, 6.07) is 0. The maximum Gasteiger partial charge on any atom is 2.00 e. The van der Waals surface area contributed by atoms with Crippen LogP contribution in [0.1, 0.15) is 5.71 Å². The molecule has 0 fully saturated rings. The van der Waals surface area contributed by atoms with Gasteiger partial charge in [0.15, 0.2) is 17.4 Å². The first-order valence-corrected chi connectivity index (χ1v) is 0. The Morgan fingerprint density at radius 1 is 1.25 bits per heavy atom. The molecule has 0 saturated carbocycles. The molecule has 0 radical (unpaired) electrons. The van der Waals surface area contributed by atoms with Gasteiger partial charge in [-0.05, 0) is 0 Å². The minimum atomic E-state index is 0. The zero-order valence-corrected chi connectivity index (χ0v) is 8.77. The molecular formula is H9AlBaMgS. The number of rotatable bonds is 0. The maximum atomic E-state index is 0. The van der Waals surface area contributed by atoms with E-state index in [2.05, 4.69) is 0 Å². The van der Waals surface area contributed by atoms with Gasteiger partial charge in [-0.15, -0.1) is 0 Å². The van der Waals surface area contributed by atoms with Crippen LogP contribution in [0.15, 0.2) is 0 Å². The molecule has 0 aliphatic heterocycles. The van der Waals surface area contributed by atoms with Gasteiger partial charge in [-0.3, -0.25) is 0 Å². The topological polar surface area (TPSA) is 0 Å². The molecule has 0 heterocycles. The monoisotopic (exact) mass is 230 g/mol. The van der Waals surface area contributed by atoms with E-state index in [4.69, 9.17) is 0 Å². The van der Waals surface area contributed by atoms with Crippen LogP contribution in [0.5, 0.6) is 0 Å². The first-order chi connectivity index (χ1) is 0. The van der Waals surface area contributed by atoms with E-state index in [9.17, 15) is 0 Å². The molecule has 0 nitrogen and oxygen atoms in total. The average Bonchev–Trinajstić information content (AvgIpc) is 0. The van der Waals surface area contributed by atoms with Gasteiger partial charge in [-0.1, -0.05) is 0 Å². The van der Waals surface area contributed by atoms with E-state index in [-0.39, 0.29) is 108 Å². The summed E-state index contributed by atoms with van der Waals surface area (Å²) in [6.45, 7) is 0. The first kappa shape index (κ1) is 26.9. The Morgan fingerprint density at radius 2 is 1.25 bits per heavy atom. The normalized spacial score (nSPS) is 0. The van der Waals surface area contributed by atoms with E-state index >= 15 is 0 Å². The van der Waals surface area contributed by atoms with Crippen LogP contribution in [0, 0.1) is 0 Å². The number of hydrogen-bond acceptors (Lipinski definition) is 0. The Labute approximate surface area is 106 Å². The van der Waals surface area contributed by atoms with Crippen LogP contribution in [0.25, 0.3) is 0 Å². The second kappa shape index (κ2) is 16.3. The van der Waals surface area contributed by atoms with E-state index < -0.39 is 0 Å². The molecule has 0 saturated heterocycles. The van der Waals surface area contributed by atoms with Crippen molar-refractivity contribution in [2.24, 2.45) is 0 Å². The van der Waals surface area contributed by atoms with Crippen molar-refractivity contribution in [2.75, 3.05) is 0 Å². The van der Waals surface area contributed by atoms with Crippen LogP contribution in [-0.2, 0) is 0 Å². The van der Waals surface area contributed by atoms with Crippen molar-refractivity contribution in [3.8, 4) is 0 Å². The van der Waals surface area contributed by atoms with E-state index in [0.29, 0.717) is 0 Å². The fourth-order valence-electron chi connectivity index (χ4n) is 0. The Kier molecular flexibility index (Phi) is 110. The Bertz CT molecular complexity index is 16.0.